The van der Waals surface area contributed by atoms with Crippen LogP contribution < -0.4 is 4.74 Å². The third-order valence-electron chi connectivity index (χ3n) is 5.50. The van der Waals surface area contributed by atoms with Crippen LogP contribution >= 0.6 is 0 Å². The highest BCUT2D eigenvalue weighted by atomic mass is 19.1. The summed E-state index contributed by atoms with van der Waals surface area (Å²) in [4.78, 5) is 5.84. The van der Waals surface area contributed by atoms with Crippen molar-refractivity contribution < 1.29 is 24.4 Å². The Morgan fingerprint density at radius 3 is 2.20 bits per heavy atom. The number of phenols is 1. The number of halogens is 1. The maximum atomic E-state index is 13.2. The van der Waals surface area contributed by atoms with Crippen LogP contribution in [-0.4, -0.2) is 51.9 Å². The van der Waals surface area contributed by atoms with Crippen LogP contribution in [0.25, 0.3) is 0 Å². The Morgan fingerprint density at radius 2 is 1.67 bits per heavy atom. The van der Waals surface area contributed by atoms with Crippen LogP contribution in [0.3, 0.4) is 0 Å². The number of hydrogen-bond acceptors (Lipinski definition) is 6. The Bertz CT molecular complexity index is 760. The number of aliphatic hydroxyl groups excluding tert-OH is 1. The van der Waals surface area contributed by atoms with Crippen LogP contribution in [0.5, 0.6) is 17.2 Å². The Morgan fingerprint density at radius 1 is 1.07 bits per heavy atom. The van der Waals surface area contributed by atoms with Crippen LogP contribution in [0.15, 0.2) is 36.4 Å². The Hall–Kier alpha value is -2.38. The molecule has 7 heteroatoms. The third-order valence-corrected chi connectivity index (χ3v) is 5.50. The molecule has 1 aliphatic carbocycles. The number of nitrogens with zero attached hydrogens (tertiary/aromatic N) is 2. The molecule has 2 heterocycles. The Kier molecular flexibility index (Phi) is 9.33. The molecule has 1 aliphatic heterocycles. The molecule has 2 aromatic rings. The van der Waals surface area contributed by atoms with Gasteiger partial charge in [0.2, 0.25) is 0 Å². The van der Waals surface area contributed by atoms with Gasteiger partial charge in [0, 0.05) is 19.6 Å². The van der Waals surface area contributed by atoms with Crippen LogP contribution in [0, 0.1) is 17.8 Å². The Labute approximate surface area is 178 Å². The number of methoxy groups -OCH3 is 1. The van der Waals surface area contributed by atoms with Gasteiger partial charge in [0.25, 0.3) is 5.95 Å². The first kappa shape index (κ1) is 23.9. The van der Waals surface area contributed by atoms with Crippen LogP contribution in [0.1, 0.15) is 44.9 Å². The zero-order valence-electron chi connectivity index (χ0n) is 18.0. The summed E-state index contributed by atoms with van der Waals surface area (Å²) in [5.74, 6) is 1.17. The first-order chi connectivity index (χ1) is 14.5. The molecule has 0 spiro atoms. The maximum absolute atomic E-state index is 13.2. The van der Waals surface area contributed by atoms with Gasteiger partial charge in [0.15, 0.2) is 5.75 Å². The summed E-state index contributed by atoms with van der Waals surface area (Å²) in [5, 5.41) is 28.0. The van der Waals surface area contributed by atoms with Gasteiger partial charge in [-0.2, -0.15) is 4.39 Å². The molecule has 1 saturated heterocycles. The molecular weight excluding hydrogens is 387 g/mol. The Balaban J connectivity index is 0.000000245. The second-order valence-electron chi connectivity index (χ2n) is 7.43. The van der Waals surface area contributed by atoms with Crippen molar-refractivity contribution in [2.24, 2.45) is 11.8 Å². The molecule has 0 radical (unpaired) electrons. The molecule has 0 amide bonds. The number of benzene rings is 1. The van der Waals surface area contributed by atoms with Crippen molar-refractivity contribution in [2.75, 3.05) is 26.7 Å². The fourth-order valence-corrected chi connectivity index (χ4v) is 4.03. The molecule has 166 valence electrons. The van der Waals surface area contributed by atoms with Gasteiger partial charge in [-0.15, -0.1) is 0 Å². The van der Waals surface area contributed by atoms with Crippen molar-refractivity contribution in [3.8, 4) is 17.2 Å². The van der Waals surface area contributed by atoms with E-state index in [1.807, 2.05) is 13.8 Å². The number of pyridine rings is 1. The number of fused-ring (bicyclic) bond motifs is 1. The monoisotopic (exact) mass is 420 g/mol. The highest BCUT2D eigenvalue weighted by Crippen LogP contribution is 2.38. The fourth-order valence-electron chi connectivity index (χ4n) is 4.03. The van der Waals surface area contributed by atoms with Crippen molar-refractivity contribution in [1.82, 2.24) is 9.88 Å². The van der Waals surface area contributed by atoms with E-state index in [1.54, 1.807) is 31.4 Å². The van der Waals surface area contributed by atoms with Gasteiger partial charge < -0.3 is 20.1 Å². The van der Waals surface area contributed by atoms with E-state index >= 15 is 0 Å². The second-order valence-corrected chi connectivity index (χ2v) is 7.43. The summed E-state index contributed by atoms with van der Waals surface area (Å²) in [6.45, 7) is 6.55. The van der Waals surface area contributed by atoms with Crippen molar-refractivity contribution >= 4 is 0 Å². The highest BCUT2D eigenvalue weighted by molar-refractivity contribution is 5.29. The minimum Gasteiger partial charge on any atom is -0.508 e. The van der Waals surface area contributed by atoms with Gasteiger partial charge in [0.05, 0.1) is 12.8 Å². The van der Waals surface area contributed by atoms with Gasteiger partial charge in [-0.25, -0.2) is 4.98 Å². The van der Waals surface area contributed by atoms with Gasteiger partial charge in [-0.05, 0) is 61.1 Å². The molecule has 1 aromatic heterocycles. The van der Waals surface area contributed by atoms with Crippen molar-refractivity contribution in [3.63, 3.8) is 0 Å². The van der Waals surface area contributed by atoms with Gasteiger partial charge in [-0.1, -0.05) is 20.3 Å². The molecular formula is C23H33FN2O4. The zero-order valence-corrected chi connectivity index (χ0v) is 18.0. The average Bonchev–Trinajstić information content (AvgIpc) is 3.34. The van der Waals surface area contributed by atoms with E-state index < -0.39 is 17.8 Å². The minimum absolute atomic E-state index is 0.260. The standard InChI is InChI=1S/C14H19FN2O2.C7H8O2.C2H6/c15-14-12(18)5-4-11(16-14)13(19)8-17-6-9-2-1-3-10(9)7-17;1-9-7-4-2-6(8)3-5-7;1-2/h4-5,9-10,13,18-19H,1-3,6-8H2;2-5,8H,1H3;1-2H3/t9-,10+,13?;;. The first-order valence-electron chi connectivity index (χ1n) is 10.5. The number of rotatable bonds is 4. The summed E-state index contributed by atoms with van der Waals surface area (Å²) in [5.41, 5.74) is 0.285. The molecule has 0 bridgehead atoms. The lowest BCUT2D eigenvalue weighted by atomic mass is 10.0. The molecule has 1 unspecified atom stereocenters. The summed E-state index contributed by atoms with van der Waals surface area (Å²) in [7, 11) is 1.59. The van der Waals surface area contributed by atoms with E-state index in [1.165, 1.54) is 31.4 Å². The predicted molar refractivity (Wildman–Crippen MR) is 114 cm³/mol. The molecule has 6 nitrogen and oxygen atoms in total. The first-order valence-corrected chi connectivity index (χ1v) is 10.5. The van der Waals surface area contributed by atoms with E-state index in [-0.39, 0.29) is 11.4 Å². The quantitative estimate of drug-likeness (QED) is 0.645. The highest BCUT2D eigenvalue weighted by Gasteiger charge is 2.36. The smallest absolute Gasteiger partial charge is 0.255 e. The third kappa shape index (κ3) is 6.57. The number of phenolic OH excluding ortho intramolecular Hbond substituents is 1. The van der Waals surface area contributed by atoms with Crippen molar-refractivity contribution in [1.29, 1.82) is 0 Å². The number of aromatic hydroxyl groups is 2. The van der Waals surface area contributed by atoms with E-state index in [2.05, 4.69) is 9.88 Å². The summed E-state index contributed by atoms with van der Waals surface area (Å²) < 4.78 is 18.0. The molecule has 2 aliphatic rings. The van der Waals surface area contributed by atoms with E-state index in [9.17, 15) is 9.50 Å². The predicted octanol–water partition coefficient (Wildman–Crippen LogP) is 4.12. The largest absolute Gasteiger partial charge is 0.508 e. The molecule has 3 atom stereocenters. The number of β-amino-alcohol motifs (C(OH)–C–C–N with tert-alkyl or cyclic N) is 1. The van der Waals surface area contributed by atoms with Gasteiger partial charge >= 0.3 is 0 Å². The summed E-state index contributed by atoms with van der Waals surface area (Å²) >= 11 is 0. The molecule has 1 aromatic carbocycles. The van der Waals surface area contributed by atoms with Gasteiger partial charge in [-0.3, -0.25) is 4.90 Å². The lowest BCUT2D eigenvalue weighted by Gasteiger charge is -2.20. The lowest BCUT2D eigenvalue weighted by molar-refractivity contribution is 0.117. The lowest BCUT2D eigenvalue weighted by Crippen LogP contribution is -2.27. The molecule has 1 saturated carbocycles. The SMILES string of the molecule is CC.COc1ccc(O)cc1.Oc1ccc(C(O)CN2C[C@H]3CCC[C@H]3C2)nc1F. The normalized spacial score (nSPS) is 21.0. The van der Waals surface area contributed by atoms with Crippen LogP contribution in [0.4, 0.5) is 4.39 Å². The van der Waals surface area contributed by atoms with Gasteiger partial charge in [0.1, 0.15) is 17.6 Å². The minimum atomic E-state index is -0.921. The zero-order chi connectivity index (χ0) is 22.1. The number of aromatic nitrogens is 1. The number of hydrogen-bond donors (Lipinski definition) is 3. The molecule has 2 fully saturated rings. The number of ether oxygens (including phenoxy) is 1. The van der Waals surface area contributed by atoms with Crippen LogP contribution in [-0.2, 0) is 0 Å². The maximum Gasteiger partial charge on any atom is 0.255 e. The number of likely N-dealkylation sites (tertiary alicyclic amines) is 1. The summed E-state index contributed by atoms with van der Waals surface area (Å²) in [6.07, 6.45) is 3.12. The molecule has 3 N–H and O–H groups in total. The molecule has 30 heavy (non-hydrogen) atoms. The van der Waals surface area contributed by atoms with Crippen molar-refractivity contribution in [3.05, 3.63) is 48.0 Å². The number of aliphatic hydroxyl groups is 1. The fraction of sp³-hybridized carbons (Fsp3) is 0.522. The van der Waals surface area contributed by atoms with E-state index in [4.69, 9.17) is 14.9 Å². The molecule has 4 rings (SSSR count). The average molecular weight is 421 g/mol. The van der Waals surface area contributed by atoms with Crippen LogP contribution in [0.2, 0.25) is 0 Å². The topological polar surface area (TPSA) is 86.0 Å². The summed E-state index contributed by atoms with van der Waals surface area (Å²) in [6, 6.07) is 9.28. The van der Waals surface area contributed by atoms with E-state index in [0.29, 0.717) is 6.54 Å². The second kappa shape index (κ2) is 11.7. The van der Waals surface area contributed by atoms with Crippen molar-refractivity contribution in [2.45, 2.75) is 39.2 Å². The van der Waals surface area contributed by atoms with E-state index in [0.717, 1.165) is 30.7 Å².